The number of Topliss-reactive ketones (excluding diaryl/α,β-unsaturated/α-hetero) is 1. The topological polar surface area (TPSA) is 54.4 Å². The Balaban J connectivity index is 1.80. The minimum absolute atomic E-state index is 0.0663. The second kappa shape index (κ2) is 6.32. The summed E-state index contributed by atoms with van der Waals surface area (Å²) in [6.45, 7) is 0. The molecule has 1 aliphatic carbocycles. The maximum atomic E-state index is 13.1. The normalized spacial score (nSPS) is 15.2. The molecule has 0 spiro atoms. The fourth-order valence-electron chi connectivity index (χ4n) is 2.91. The van der Waals surface area contributed by atoms with Gasteiger partial charge in [0.15, 0.2) is 5.78 Å². The largest absolute Gasteiger partial charge is 0.478 e. The maximum Gasteiger partial charge on any atom is 0.335 e. The zero-order chi connectivity index (χ0) is 16.4. The van der Waals surface area contributed by atoms with E-state index in [2.05, 4.69) is 0 Å². The lowest BCUT2D eigenvalue weighted by atomic mass is 9.87. The Morgan fingerprint density at radius 2 is 1.74 bits per heavy atom. The summed E-state index contributed by atoms with van der Waals surface area (Å²) in [5.41, 5.74) is 1.50. The number of carbonyl (C=O) groups is 2. The number of aromatic carboxylic acids is 1. The van der Waals surface area contributed by atoms with Crippen molar-refractivity contribution in [1.82, 2.24) is 0 Å². The molecule has 118 valence electrons. The van der Waals surface area contributed by atoms with E-state index >= 15 is 0 Å². The molecule has 3 nitrogen and oxygen atoms in total. The first kappa shape index (κ1) is 15.4. The second-order valence-corrected chi connectivity index (χ2v) is 6.01. The van der Waals surface area contributed by atoms with E-state index in [4.69, 9.17) is 5.11 Å². The highest BCUT2D eigenvalue weighted by Crippen LogP contribution is 2.45. The number of carboxylic acids is 1. The molecule has 1 atom stereocenters. The highest BCUT2D eigenvalue weighted by Gasteiger charge is 2.33. The van der Waals surface area contributed by atoms with E-state index in [1.165, 1.54) is 24.3 Å². The predicted octanol–water partition coefficient (Wildman–Crippen LogP) is 4.29. The first-order valence-corrected chi connectivity index (χ1v) is 7.66. The average molecular weight is 312 g/mol. The van der Waals surface area contributed by atoms with Gasteiger partial charge in [0.2, 0.25) is 0 Å². The van der Waals surface area contributed by atoms with Gasteiger partial charge in [0.05, 0.1) is 5.56 Å². The van der Waals surface area contributed by atoms with Gasteiger partial charge in [0, 0.05) is 12.0 Å². The van der Waals surface area contributed by atoms with Crippen LogP contribution >= 0.6 is 0 Å². The van der Waals surface area contributed by atoms with Crippen LogP contribution in [0.15, 0.2) is 48.5 Å². The summed E-state index contributed by atoms with van der Waals surface area (Å²) in [4.78, 5) is 23.6. The van der Waals surface area contributed by atoms with E-state index in [0.717, 1.165) is 18.4 Å². The molecule has 0 aliphatic heterocycles. The zero-order valence-corrected chi connectivity index (χ0v) is 12.5. The minimum Gasteiger partial charge on any atom is -0.478 e. The third kappa shape index (κ3) is 3.65. The Morgan fingerprint density at radius 3 is 2.35 bits per heavy atom. The molecular formula is C19H17FO3. The van der Waals surface area contributed by atoms with Gasteiger partial charge >= 0.3 is 5.97 Å². The number of rotatable bonds is 6. The molecule has 0 saturated heterocycles. The Hall–Kier alpha value is -2.49. The quantitative estimate of drug-likeness (QED) is 0.810. The molecule has 1 aliphatic rings. The van der Waals surface area contributed by atoms with E-state index in [0.29, 0.717) is 17.9 Å². The summed E-state index contributed by atoms with van der Waals surface area (Å²) < 4.78 is 13.1. The standard InChI is InChI=1S/C19H17FO3/c20-16-8-6-13(7-9-16)17(12-4-5-12)11-18(21)14-2-1-3-15(10-14)19(22)23/h1-3,6-10,12,17H,4-5,11H2,(H,22,23). The third-order valence-electron chi connectivity index (χ3n) is 4.33. The molecule has 3 rings (SSSR count). The van der Waals surface area contributed by atoms with Gasteiger partial charge in [-0.05, 0) is 54.5 Å². The molecule has 1 unspecified atom stereocenters. The lowest BCUT2D eigenvalue weighted by Crippen LogP contribution is -2.10. The van der Waals surface area contributed by atoms with Gasteiger partial charge < -0.3 is 5.11 Å². The number of hydrogen-bond acceptors (Lipinski definition) is 2. The highest BCUT2D eigenvalue weighted by atomic mass is 19.1. The van der Waals surface area contributed by atoms with E-state index in [1.54, 1.807) is 24.3 Å². The first-order chi connectivity index (χ1) is 11.0. The molecule has 0 amide bonds. The van der Waals surface area contributed by atoms with Gasteiger partial charge in [-0.1, -0.05) is 24.3 Å². The molecule has 1 saturated carbocycles. The fourth-order valence-corrected chi connectivity index (χ4v) is 2.91. The van der Waals surface area contributed by atoms with E-state index in [-0.39, 0.29) is 23.1 Å². The van der Waals surface area contributed by atoms with Gasteiger partial charge in [-0.2, -0.15) is 0 Å². The Morgan fingerprint density at radius 1 is 1.09 bits per heavy atom. The molecule has 0 radical (unpaired) electrons. The summed E-state index contributed by atoms with van der Waals surface area (Å²) in [6, 6.07) is 12.4. The lowest BCUT2D eigenvalue weighted by Gasteiger charge is -2.16. The van der Waals surface area contributed by atoms with Crippen molar-refractivity contribution < 1.29 is 19.1 Å². The summed E-state index contributed by atoms with van der Waals surface area (Å²) in [5.74, 6) is -0.890. The number of carboxylic acid groups (broad SMARTS) is 1. The van der Waals surface area contributed by atoms with Crippen LogP contribution in [0.4, 0.5) is 4.39 Å². The summed E-state index contributed by atoms with van der Waals surface area (Å²) in [5, 5.41) is 9.03. The summed E-state index contributed by atoms with van der Waals surface area (Å²) in [7, 11) is 0. The van der Waals surface area contributed by atoms with Crippen LogP contribution in [0.1, 0.15) is 51.5 Å². The summed E-state index contributed by atoms with van der Waals surface area (Å²) in [6.07, 6.45) is 2.47. The van der Waals surface area contributed by atoms with Crippen molar-refractivity contribution in [2.45, 2.75) is 25.2 Å². The van der Waals surface area contributed by atoms with Crippen LogP contribution in [-0.2, 0) is 0 Å². The van der Waals surface area contributed by atoms with Crippen molar-refractivity contribution in [2.24, 2.45) is 5.92 Å². The Bertz CT molecular complexity index is 733. The first-order valence-electron chi connectivity index (χ1n) is 7.66. The number of carbonyl (C=O) groups excluding carboxylic acids is 1. The molecule has 0 heterocycles. The number of hydrogen-bond donors (Lipinski definition) is 1. The second-order valence-electron chi connectivity index (χ2n) is 6.01. The van der Waals surface area contributed by atoms with Gasteiger partial charge in [-0.3, -0.25) is 4.79 Å². The van der Waals surface area contributed by atoms with Crippen molar-refractivity contribution in [3.8, 4) is 0 Å². The molecule has 2 aromatic rings. The van der Waals surface area contributed by atoms with Crippen LogP contribution in [0.25, 0.3) is 0 Å². The van der Waals surface area contributed by atoms with Crippen LogP contribution < -0.4 is 0 Å². The van der Waals surface area contributed by atoms with Gasteiger partial charge in [0.25, 0.3) is 0 Å². The van der Waals surface area contributed by atoms with Crippen LogP contribution in [0.2, 0.25) is 0 Å². The summed E-state index contributed by atoms with van der Waals surface area (Å²) >= 11 is 0. The van der Waals surface area contributed by atoms with Crippen molar-refractivity contribution in [1.29, 1.82) is 0 Å². The Kier molecular flexibility index (Phi) is 4.24. The zero-order valence-electron chi connectivity index (χ0n) is 12.5. The van der Waals surface area contributed by atoms with Crippen LogP contribution in [0.3, 0.4) is 0 Å². The average Bonchev–Trinajstić information content (AvgIpc) is 3.38. The molecule has 2 aromatic carbocycles. The maximum absolute atomic E-state index is 13.1. The predicted molar refractivity (Wildman–Crippen MR) is 84.2 cm³/mol. The highest BCUT2D eigenvalue weighted by molar-refractivity contribution is 5.99. The molecule has 1 N–H and O–H groups in total. The van der Waals surface area contributed by atoms with Crippen molar-refractivity contribution in [3.05, 3.63) is 71.0 Å². The van der Waals surface area contributed by atoms with E-state index in [1.807, 2.05) is 0 Å². The van der Waals surface area contributed by atoms with E-state index < -0.39 is 5.97 Å². The minimum atomic E-state index is -1.04. The molecular weight excluding hydrogens is 295 g/mol. The monoisotopic (exact) mass is 312 g/mol. The van der Waals surface area contributed by atoms with Crippen LogP contribution in [0, 0.1) is 11.7 Å². The fraction of sp³-hybridized carbons (Fsp3) is 0.263. The third-order valence-corrected chi connectivity index (χ3v) is 4.33. The lowest BCUT2D eigenvalue weighted by molar-refractivity contribution is 0.0697. The SMILES string of the molecule is O=C(O)c1cccc(C(=O)CC(c2ccc(F)cc2)C2CC2)c1. The molecule has 1 fully saturated rings. The van der Waals surface area contributed by atoms with E-state index in [9.17, 15) is 14.0 Å². The molecule has 23 heavy (non-hydrogen) atoms. The van der Waals surface area contributed by atoms with Gasteiger partial charge in [-0.15, -0.1) is 0 Å². The Labute approximate surface area is 133 Å². The molecule has 0 aromatic heterocycles. The van der Waals surface area contributed by atoms with Crippen molar-refractivity contribution in [3.63, 3.8) is 0 Å². The number of halogens is 1. The van der Waals surface area contributed by atoms with Gasteiger partial charge in [0.1, 0.15) is 5.82 Å². The number of ketones is 1. The molecule has 4 heteroatoms. The molecule has 0 bridgehead atoms. The van der Waals surface area contributed by atoms with Crippen LogP contribution in [-0.4, -0.2) is 16.9 Å². The smallest absolute Gasteiger partial charge is 0.335 e. The van der Waals surface area contributed by atoms with Crippen LogP contribution in [0.5, 0.6) is 0 Å². The van der Waals surface area contributed by atoms with Crippen molar-refractivity contribution in [2.75, 3.05) is 0 Å². The van der Waals surface area contributed by atoms with Crippen molar-refractivity contribution >= 4 is 11.8 Å². The van der Waals surface area contributed by atoms with Gasteiger partial charge in [-0.25, -0.2) is 9.18 Å². The number of benzene rings is 2.